The van der Waals surface area contributed by atoms with Crippen LogP contribution in [0.3, 0.4) is 0 Å². The first kappa shape index (κ1) is 15.6. The number of benzene rings is 1. The van der Waals surface area contributed by atoms with Crippen molar-refractivity contribution < 1.29 is 9.90 Å². The summed E-state index contributed by atoms with van der Waals surface area (Å²) >= 11 is 0. The summed E-state index contributed by atoms with van der Waals surface area (Å²) in [6.07, 6.45) is 3.16. The van der Waals surface area contributed by atoms with Crippen LogP contribution in [-0.2, 0) is 0 Å². The van der Waals surface area contributed by atoms with E-state index < -0.39 is 0 Å². The predicted molar refractivity (Wildman–Crippen MR) is 91.7 cm³/mol. The van der Waals surface area contributed by atoms with Crippen LogP contribution in [0.5, 0.6) is 0 Å². The number of aliphatic hydroxyl groups is 1. The van der Waals surface area contributed by atoms with E-state index in [0.29, 0.717) is 17.4 Å². The lowest BCUT2D eigenvalue weighted by Gasteiger charge is -2.38. The minimum atomic E-state index is -0.298. The summed E-state index contributed by atoms with van der Waals surface area (Å²) in [6, 6.07) is 5.89. The van der Waals surface area contributed by atoms with Crippen LogP contribution in [0.15, 0.2) is 24.4 Å². The maximum Gasteiger partial charge on any atom is 0.254 e. The van der Waals surface area contributed by atoms with Gasteiger partial charge in [0.05, 0.1) is 23.4 Å². The van der Waals surface area contributed by atoms with E-state index in [0.717, 1.165) is 36.8 Å². The second-order valence-corrected chi connectivity index (χ2v) is 7.44. The average molecular weight is 328 g/mol. The summed E-state index contributed by atoms with van der Waals surface area (Å²) in [5.74, 6) is 0.962. The molecule has 128 valence electrons. The molecule has 1 saturated carbocycles. The summed E-state index contributed by atoms with van der Waals surface area (Å²) in [5, 5.41) is 18.2. The smallest absolute Gasteiger partial charge is 0.254 e. The molecule has 1 aromatic carbocycles. The highest BCUT2D eigenvalue weighted by Crippen LogP contribution is 2.38. The van der Waals surface area contributed by atoms with Crippen LogP contribution in [0, 0.1) is 11.8 Å². The number of nitrogens with zero attached hydrogens (tertiary/aromatic N) is 3. The molecule has 1 saturated heterocycles. The summed E-state index contributed by atoms with van der Waals surface area (Å²) in [4.78, 5) is 17.1. The van der Waals surface area contributed by atoms with Crippen molar-refractivity contribution in [2.45, 2.75) is 25.0 Å². The van der Waals surface area contributed by atoms with E-state index in [9.17, 15) is 9.90 Å². The van der Waals surface area contributed by atoms with Gasteiger partial charge in [-0.15, -0.1) is 0 Å². The van der Waals surface area contributed by atoms with Crippen molar-refractivity contribution in [3.05, 3.63) is 30.0 Å². The van der Waals surface area contributed by atoms with Gasteiger partial charge in [-0.05, 0) is 50.9 Å². The minimum Gasteiger partial charge on any atom is -0.391 e. The maximum atomic E-state index is 13.0. The number of aromatic amines is 1. The molecule has 1 aromatic heterocycles. The van der Waals surface area contributed by atoms with Gasteiger partial charge < -0.3 is 14.9 Å². The Labute approximate surface area is 141 Å². The second-order valence-electron chi connectivity index (χ2n) is 7.44. The van der Waals surface area contributed by atoms with Gasteiger partial charge in [-0.3, -0.25) is 9.89 Å². The van der Waals surface area contributed by atoms with Crippen LogP contribution in [0.25, 0.3) is 10.9 Å². The number of carbonyl (C=O) groups excluding carboxylic acids is 1. The van der Waals surface area contributed by atoms with E-state index >= 15 is 0 Å². The Balaban J connectivity index is 1.55. The van der Waals surface area contributed by atoms with Crippen molar-refractivity contribution in [2.75, 3.05) is 27.2 Å². The summed E-state index contributed by atoms with van der Waals surface area (Å²) < 4.78 is 0. The van der Waals surface area contributed by atoms with Crippen molar-refractivity contribution in [1.29, 1.82) is 0 Å². The second kappa shape index (κ2) is 5.86. The Kier molecular flexibility index (Phi) is 3.81. The molecule has 24 heavy (non-hydrogen) atoms. The number of amides is 1. The van der Waals surface area contributed by atoms with Gasteiger partial charge in [0.2, 0.25) is 0 Å². The molecule has 6 heteroatoms. The fraction of sp³-hybridized carbons (Fsp3) is 0.556. The van der Waals surface area contributed by atoms with E-state index in [1.165, 1.54) is 0 Å². The molecule has 1 aliphatic carbocycles. The van der Waals surface area contributed by atoms with Crippen LogP contribution in [0.1, 0.15) is 23.2 Å². The average Bonchev–Trinajstić information content (AvgIpc) is 3.18. The molecule has 0 radical (unpaired) electrons. The Morgan fingerprint density at radius 1 is 1.29 bits per heavy atom. The van der Waals surface area contributed by atoms with Gasteiger partial charge in [0.1, 0.15) is 0 Å². The number of carbonyl (C=O) groups is 1. The highest BCUT2D eigenvalue weighted by Gasteiger charge is 2.43. The number of aliphatic hydroxyl groups excluding tert-OH is 1. The Hall–Kier alpha value is -1.92. The number of hydrogen-bond acceptors (Lipinski definition) is 4. The van der Waals surface area contributed by atoms with Gasteiger partial charge in [-0.25, -0.2) is 0 Å². The molecule has 2 fully saturated rings. The van der Waals surface area contributed by atoms with Crippen molar-refractivity contribution in [2.24, 2.45) is 11.8 Å². The normalized spacial score (nSPS) is 30.1. The molecule has 1 amide bonds. The highest BCUT2D eigenvalue weighted by molar-refractivity contribution is 6.06. The highest BCUT2D eigenvalue weighted by atomic mass is 16.3. The lowest BCUT2D eigenvalue weighted by molar-refractivity contribution is 0.00940. The molecule has 4 atom stereocenters. The van der Waals surface area contributed by atoms with Gasteiger partial charge in [0.25, 0.3) is 5.91 Å². The molecule has 2 N–H and O–H groups in total. The topological polar surface area (TPSA) is 72.5 Å². The number of fused-ring (bicyclic) bond motifs is 2. The van der Waals surface area contributed by atoms with E-state index in [-0.39, 0.29) is 18.1 Å². The fourth-order valence-electron chi connectivity index (χ4n) is 4.45. The summed E-state index contributed by atoms with van der Waals surface area (Å²) in [6.45, 7) is 1.53. The molecule has 2 aliphatic rings. The molecular formula is C18H24N4O2. The van der Waals surface area contributed by atoms with Crippen molar-refractivity contribution >= 4 is 16.8 Å². The van der Waals surface area contributed by atoms with Gasteiger partial charge in [0, 0.05) is 24.5 Å². The lowest BCUT2D eigenvalue weighted by Crippen LogP contribution is -2.46. The number of aromatic nitrogens is 2. The first-order chi connectivity index (χ1) is 11.5. The van der Waals surface area contributed by atoms with E-state index in [2.05, 4.69) is 15.1 Å². The Bertz CT molecular complexity index is 756. The number of nitrogens with one attached hydrogen (secondary N) is 1. The van der Waals surface area contributed by atoms with Crippen LogP contribution in [-0.4, -0.2) is 70.3 Å². The number of hydrogen-bond donors (Lipinski definition) is 2. The third-order valence-corrected chi connectivity index (χ3v) is 5.77. The van der Waals surface area contributed by atoms with Crippen molar-refractivity contribution in [3.8, 4) is 0 Å². The minimum absolute atomic E-state index is 0.0762. The third kappa shape index (κ3) is 2.50. The van der Waals surface area contributed by atoms with Crippen molar-refractivity contribution in [3.63, 3.8) is 0 Å². The predicted octanol–water partition coefficient (Wildman–Crippen LogP) is 1.34. The van der Waals surface area contributed by atoms with Gasteiger partial charge >= 0.3 is 0 Å². The van der Waals surface area contributed by atoms with Crippen LogP contribution >= 0.6 is 0 Å². The van der Waals surface area contributed by atoms with Crippen LogP contribution in [0.2, 0.25) is 0 Å². The molecule has 0 spiro atoms. The Morgan fingerprint density at radius 2 is 2.04 bits per heavy atom. The first-order valence-electron chi connectivity index (χ1n) is 8.60. The van der Waals surface area contributed by atoms with E-state index in [4.69, 9.17) is 0 Å². The Morgan fingerprint density at radius 3 is 2.79 bits per heavy atom. The number of likely N-dealkylation sites (N-methyl/N-ethyl adjacent to an activating group) is 1. The largest absolute Gasteiger partial charge is 0.391 e. The maximum absolute atomic E-state index is 13.0. The monoisotopic (exact) mass is 328 g/mol. The molecule has 2 heterocycles. The van der Waals surface area contributed by atoms with Crippen LogP contribution < -0.4 is 0 Å². The van der Waals surface area contributed by atoms with E-state index in [1.807, 2.05) is 37.2 Å². The molecule has 4 rings (SSSR count). The molecule has 0 bridgehead atoms. The molecule has 1 aliphatic heterocycles. The quantitative estimate of drug-likeness (QED) is 0.872. The molecule has 2 aromatic rings. The first-order valence-corrected chi connectivity index (χ1v) is 8.60. The number of rotatable bonds is 2. The zero-order valence-corrected chi connectivity index (χ0v) is 14.1. The van der Waals surface area contributed by atoms with Gasteiger partial charge in [0.15, 0.2) is 0 Å². The zero-order valence-electron chi connectivity index (χ0n) is 14.1. The van der Waals surface area contributed by atoms with Crippen molar-refractivity contribution in [1.82, 2.24) is 20.0 Å². The fourth-order valence-corrected chi connectivity index (χ4v) is 4.45. The third-order valence-electron chi connectivity index (χ3n) is 5.77. The number of H-pyrrole nitrogens is 1. The summed E-state index contributed by atoms with van der Waals surface area (Å²) in [5.41, 5.74) is 1.60. The SMILES string of the molecule is CN(C)[C@@H]1C[C@@H]2CN(C(=O)c3cccc4[nH]ncc34)C[C@@H]2C[C@H]1O. The van der Waals surface area contributed by atoms with Gasteiger partial charge in [-0.2, -0.15) is 5.10 Å². The molecule has 0 unspecified atom stereocenters. The van der Waals surface area contributed by atoms with Crippen LogP contribution in [0.4, 0.5) is 0 Å². The van der Waals surface area contributed by atoms with E-state index in [1.54, 1.807) is 6.20 Å². The van der Waals surface area contributed by atoms with Gasteiger partial charge in [-0.1, -0.05) is 6.07 Å². The lowest BCUT2D eigenvalue weighted by atomic mass is 9.77. The zero-order chi connectivity index (χ0) is 16.8. The molecule has 6 nitrogen and oxygen atoms in total. The molecular weight excluding hydrogens is 304 g/mol. The standard InChI is InChI=1S/C18H24N4O2/c1-21(2)16-6-11-9-22(10-12(11)7-17(16)23)18(24)13-4-3-5-15-14(13)8-19-20-15/h3-5,8,11-12,16-17,23H,6-7,9-10H2,1-2H3,(H,19,20)/t11-,12+,16-,17-/m1/s1. The number of likely N-dealkylation sites (tertiary alicyclic amines) is 1. The summed E-state index contributed by atoms with van der Waals surface area (Å²) in [7, 11) is 4.04.